The second kappa shape index (κ2) is 7.00. The van der Waals surface area contributed by atoms with Crippen LogP contribution in [-0.4, -0.2) is 30.4 Å². The summed E-state index contributed by atoms with van der Waals surface area (Å²) in [5.41, 5.74) is 5.61. The topological polar surface area (TPSA) is 46.3 Å². The Labute approximate surface area is 106 Å². The van der Waals surface area contributed by atoms with Crippen LogP contribution in [0.1, 0.15) is 58.8 Å². The molecule has 1 heterocycles. The van der Waals surface area contributed by atoms with Gasteiger partial charge in [-0.3, -0.25) is 4.79 Å². The summed E-state index contributed by atoms with van der Waals surface area (Å²) in [6.45, 7) is 8.47. The lowest BCUT2D eigenvalue weighted by Crippen LogP contribution is -2.40. The predicted molar refractivity (Wildman–Crippen MR) is 71.7 cm³/mol. The smallest absolute Gasteiger partial charge is 0.217 e. The second-order valence-electron chi connectivity index (χ2n) is 6.17. The Bertz CT molecular complexity index is 238. The standard InChI is InChI=1S/C14H28N2O/c1-14(2)9-7-11-16(12-14)10-6-4-3-5-8-13(15)17/h3-12H2,1-2H3,(H2,15,17). The molecule has 1 aliphatic heterocycles. The average Bonchev–Trinajstić information content (AvgIpc) is 2.21. The summed E-state index contributed by atoms with van der Waals surface area (Å²) in [6, 6.07) is 0. The Balaban J connectivity index is 2.01. The van der Waals surface area contributed by atoms with E-state index in [0.717, 1.165) is 12.8 Å². The third-order valence-electron chi connectivity index (χ3n) is 3.63. The van der Waals surface area contributed by atoms with Gasteiger partial charge in [0.1, 0.15) is 0 Å². The van der Waals surface area contributed by atoms with Crippen LogP contribution in [0.15, 0.2) is 0 Å². The van der Waals surface area contributed by atoms with Crippen molar-refractivity contribution in [3.63, 3.8) is 0 Å². The molecule has 0 unspecified atom stereocenters. The zero-order valence-electron chi connectivity index (χ0n) is 11.5. The molecule has 1 saturated heterocycles. The van der Waals surface area contributed by atoms with Crippen molar-refractivity contribution in [2.75, 3.05) is 19.6 Å². The van der Waals surface area contributed by atoms with E-state index in [-0.39, 0.29) is 5.91 Å². The molecule has 0 saturated carbocycles. The van der Waals surface area contributed by atoms with Crippen LogP contribution in [0.25, 0.3) is 0 Å². The van der Waals surface area contributed by atoms with E-state index >= 15 is 0 Å². The number of carbonyl (C=O) groups is 1. The van der Waals surface area contributed by atoms with Crippen LogP contribution in [0.3, 0.4) is 0 Å². The first-order valence-electron chi connectivity index (χ1n) is 7.00. The summed E-state index contributed by atoms with van der Waals surface area (Å²) in [5.74, 6) is -0.164. The van der Waals surface area contributed by atoms with Gasteiger partial charge >= 0.3 is 0 Å². The van der Waals surface area contributed by atoms with Gasteiger partial charge in [-0.15, -0.1) is 0 Å². The van der Waals surface area contributed by atoms with Crippen molar-refractivity contribution in [2.24, 2.45) is 11.1 Å². The van der Waals surface area contributed by atoms with Gasteiger partial charge in [-0.1, -0.05) is 26.7 Å². The zero-order valence-corrected chi connectivity index (χ0v) is 11.5. The molecule has 0 aromatic heterocycles. The van der Waals surface area contributed by atoms with Crippen molar-refractivity contribution < 1.29 is 4.79 Å². The summed E-state index contributed by atoms with van der Waals surface area (Å²) >= 11 is 0. The van der Waals surface area contributed by atoms with E-state index in [1.807, 2.05) is 0 Å². The molecular formula is C14H28N2O. The normalized spacial score (nSPS) is 20.4. The minimum Gasteiger partial charge on any atom is -0.370 e. The highest BCUT2D eigenvalue weighted by atomic mass is 16.1. The third-order valence-corrected chi connectivity index (χ3v) is 3.63. The number of hydrogen-bond acceptors (Lipinski definition) is 2. The number of piperidine rings is 1. The van der Waals surface area contributed by atoms with Crippen LogP contribution in [0.5, 0.6) is 0 Å². The van der Waals surface area contributed by atoms with Gasteiger partial charge in [0.25, 0.3) is 0 Å². The number of primary amides is 1. The molecule has 0 bridgehead atoms. The lowest BCUT2D eigenvalue weighted by atomic mass is 9.84. The molecule has 1 fully saturated rings. The minimum absolute atomic E-state index is 0.164. The van der Waals surface area contributed by atoms with E-state index in [4.69, 9.17) is 5.73 Å². The van der Waals surface area contributed by atoms with Crippen LogP contribution in [-0.2, 0) is 4.79 Å². The lowest BCUT2D eigenvalue weighted by molar-refractivity contribution is -0.118. The van der Waals surface area contributed by atoms with E-state index < -0.39 is 0 Å². The maximum atomic E-state index is 10.6. The largest absolute Gasteiger partial charge is 0.370 e. The van der Waals surface area contributed by atoms with Crippen LogP contribution >= 0.6 is 0 Å². The lowest BCUT2D eigenvalue weighted by Gasteiger charge is -2.38. The molecule has 17 heavy (non-hydrogen) atoms. The number of amides is 1. The van der Waals surface area contributed by atoms with E-state index in [9.17, 15) is 4.79 Å². The van der Waals surface area contributed by atoms with Gasteiger partial charge < -0.3 is 10.6 Å². The van der Waals surface area contributed by atoms with Gasteiger partial charge in [0, 0.05) is 13.0 Å². The number of likely N-dealkylation sites (tertiary alicyclic amines) is 1. The van der Waals surface area contributed by atoms with Gasteiger partial charge in [-0.05, 0) is 44.2 Å². The maximum Gasteiger partial charge on any atom is 0.217 e. The number of unbranched alkanes of at least 4 members (excludes halogenated alkanes) is 3. The molecule has 0 atom stereocenters. The molecule has 1 aliphatic rings. The van der Waals surface area contributed by atoms with Crippen LogP contribution in [0.4, 0.5) is 0 Å². The minimum atomic E-state index is -0.164. The van der Waals surface area contributed by atoms with Crippen molar-refractivity contribution in [1.82, 2.24) is 4.90 Å². The molecule has 1 amide bonds. The molecule has 0 radical (unpaired) electrons. The first-order chi connectivity index (χ1) is 7.99. The van der Waals surface area contributed by atoms with Crippen LogP contribution in [0.2, 0.25) is 0 Å². The fraction of sp³-hybridized carbons (Fsp3) is 0.929. The summed E-state index contributed by atoms with van der Waals surface area (Å²) in [7, 11) is 0. The number of nitrogens with zero attached hydrogens (tertiary/aromatic N) is 1. The van der Waals surface area contributed by atoms with Gasteiger partial charge in [0.05, 0.1) is 0 Å². The van der Waals surface area contributed by atoms with Crippen molar-refractivity contribution in [3.8, 4) is 0 Å². The average molecular weight is 240 g/mol. The Morgan fingerprint density at radius 1 is 1.24 bits per heavy atom. The van der Waals surface area contributed by atoms with Crippen molar-refractivity contribution in [2.45, 2.75) is 58.8 Å². The van der Waals surface area contributed by atoms with Gasteiger partial charge in [-0.2, -0.15) is 0 Å². The Kier molecular flexibility index (Phi) is 5.96. The zero-order chi connectivity index (χ0) is 12.7. The number of hydrogen-bond donors (Lipinski definition) is 1. The van der Waals surface area contributed by atoms with Crippen molar-refractivity contribution in [3.05, 3.63) is 0 Å². The number of nitrogens with two attached hydrogens (primary N) is 1. The maximum absolute atomic E-state index is 10.6. The van der Waals surface area contributed by atoms with Gasteiger partial charge in [0.2, 0.25) is 5.91 Å². The third kappa shape index (κ3) is 6.67. The Morgan fingerprint density at radius 3 is 2.59 bits per heavy atom. The first kappa shape index (κ1) is 14.5. The molecule has 3 nitrogen and oxygen atoms in total. The molecule has 100 valence electrons. The Hall–Kier alpha value is -0.570. The highest BCUT2D eigenvalue weighted by molar-refractivity contribution is 5.73. The van der Waals surface area contributed by atoms with E-state index in [1.54, 1.807) is 0 Å². The van der Waals surface area contributed by atoms with Crippen LogP contribution < -0.4 is 5.73 Å². The number of carbonyl (C=O) groups excluding carboxylic acids is 1. The number of rotatable bonds is 7. The summed E-state index contributed by atoms with van der Waals surface area (Å²) < 4.78 is 0. The monoisotopic (exact) mass is 240 g/mol. The second-order valence-corrected chi connectivity index (χ2v) is 6.17. The molecule has 2 N–H and O–H groups in total. The molecule has 0 aromatic carbocycles. The fourth-order valence-corrected chi connectivity index (χ4v) is 2.72. The molecule has 3 heteroatoms. The van der Waals surface area contributed by atoms with Crippen molar-refractivity contribution >= 4 is 5.91 Å². The first-order valence-corrected chi connectivity index (χ1v) is 7.00. The predicted octanol–water partition coefficient (Wildman–Crippen LogP) is 2.54. The highest BCUT2D eigenvalue weighted by Gasteiger charge is 2.25. The Morgan fingerprint density at radius 2 is 1.94 bits per heavy atom. The molecule has 0 spiro atoms. The van der Waals surface area contributed by atoms with E-state index in [0.29, 0.717) is 11.8 Å². The SMILES string of the molecule is CC1(C)CCCN(CCCCCCC(N)=O)C1. The van der Waals surface area contributed by atoms with Crippen molar-refractivity contribution in [1.29, 1.82) is 0 Å². The quantitative estimate of drug-likeness (QED) is 0.695. The van der Waals surface area contributed by atoms with Gasteiger partial charge in [-0.25, -0.2) is 0 Å². The fourth-order valence-electron chi connectivity index (χ4n) is 2.72. The summed E-state index contributed by atoms with van der Waals surface area (Å²) in [4.78, 5) is 13.2. The van der Waals surface area contributed by atoms with Crippen LogP contribution in [0, 0.1) is 5.41 Å². The molecular weight excluding hydrogens is 212 g/mol. The molecule has 0 aliphatic carbocycles. The van der Waals surface area contributed by atoms with E-state index in [2.05, 4.69) is 18.7 Å². The van der Waals surface area contributed by atoms with Gasteiger partial charge in [0.15, 0.2) is 0 Å². The van der Waals surface area contributed by atoms with E-state index in [1.165, 1.54) is 45.3 Å². The summed E-state index contributed by atoms with van der Waals surface area (Å²) in [5, 5.41) is 0. The highest BCUT2D eigenvalue weighted by Crippen LogP contribution is 2.28. The molecule has 0 aromatic rings. The summed E-state index contributed by atoms with van der Waals surface area (Å²) in [6.07, 6.45) is 7.84. The molecule has 1 rings (SSSR count).